The van der Waals surface area contributed by atoms with Crippen molar-refractivity contribution >= 4 is 5.97 Å². The summed E-state index contributed by atoms with van der Waals surface area (Å²) in [6, 6.07) is 0. The molecule has 0 amide bonds. The summed E-state index contributed by atoms with van der Waals surface area (Å²) >= 11 is 0. The molecule has 0 saturated heterocycles. The molecule has 3 nitrogen and oxygen atoms in total. The number of hydrogen-bond donors (Lipinski definition) is 0. The zero-order valence-corrected chi connectivity index (χ0v) is 6.75. The number of nitrogens with zero attached hydrogens (tertiary/aromatic N) is 1. The molecule has 0 aromatic heterocycles. The minimum absolute atomic E-state index is 0.228. The van der Waals surface area contributed by atoms with Crippen LogP contribution >= 0.6 is 0 Å². The van der Waals surface area contributed by atoms with E-state index in [1.165, 1.54) is 0 Å². The molecule has 0 aromatic rings. The molecule has 0 spiro atoms. The van der Waals surface area contributed by atoms with Gasteiger partial charge in [-0.2, -0.15) is 0 Å². The second kappa shape index (κ2) is 5.53. The van der Waals surface area contributed by atoms with Crippen molar-refractivity contribution in [3.63, 3.8) is 0 Å². The first-order chi connectivity index (χ1) is 5.24. The van der Waals surface area contributed by atoms with Crippen LogP contribution in [0.2, 0.25) is 0 Å². The average Bonchev–Trinajstić information content (AvgIpc) is 2.01. The lowest BCUT2D eigenvalue weighted by Gasteiger charge is -2.14. The SMILES string of the molecule is C=COC(=O)CN(C=C)CC. The van der Waals surface area contributed by atoms with Crippen LogP contribution in [-0.4, -0.2) is 24.0 Å². The number of likely N-dealkylation sites (N-methyl/N-ethyl adjacent to an activating group) is 1. The largest absolute Gasteiger partial charge is 0.434 e. The molecular weight excluding hydrogens is 142 g/mol. The van der Waals surface area contributed by atoms with Crippen LogP contribution in [-0.2, 0) is 9.53 Å². The van der Waals surface area contributed by atoms with Crippen molar-refractivity contribution in [2.24, 2.45) is 0 Å². The van der Waals surface area contributed by atoms with Crippen LogP contribution in [0.1, 0.15) is 6.92 Å². The highest BCUT2D eigenvalue weighted by atomic mass is 16.5. The summed E-state index contributed by atoms with van der Waals surface area (Å²) in [6.45, 7) is 9.72. The van der Waals surface area contributed by atoms with E-state index >= 15 is 0 Å². The Labute approximate surface area is 66.9 Å². The van der Waals surface area contributed by atoms with Crippen molar-refractivity contribution in [3.8, 4) is 0 Å². The number of carbonyl (C=O) groups is 1. The lowest BCUT2D eigenvalue weighted by molar-refractivity contribution is -0.138. The summed E-state index contributed by atoms with van der Waals surface area (Å²) in [4.78, 5) is 12.5. The molecule has 62 valence electrons. The summed E-state index contributed by atoms with van der Waals surface area (Å²) in [5, 5.41) is 0. The van der Waals surface area contributed by atoms with Gasteiger partial charge in [-0.25, -0.2) is 4.79 Å². The third kappa shape index (κ3) is 4.19. The fraction of sp³-hybridized carbons (Fsp3) is 0.375. The van der Waals surface area contributed by atoms with E-state index in [-0.39, 0.29) is 12.5 Å². The lowest BCUT2D eigenvalue weighted by atomic mass is 10.5. The van der Waals surface area contributed by atoms with Gasteiger partial charge in [0.25, 0.3) is 0 Å². The molecule has 0 aliphatic rings. The summed E-state index contributed by atoms with van der Waals surface area (Å²) in [5.41, 5.74) is 0. The summed E-state index contributed by atoms with van der Waals surface area (Å²) in [7, 11) is 0. The van der Waals surface area contributed by atoms with Gasteiger partial charge in [0.1, 0.15) is 6.54 Å². The Morgan fingerprint density at radius 1 is 1.64 bits per heavy atom. The molecule has 0 heterocycles. The van der Waals surface area contributed by atoms with E-state index < -0.39 is 0 Å². The highest BCUT2D eigenvalue weighted by Crippen LogP contribution is 1.89. The smallest absolute Gasteiger partial charge is 0.330 e. The van der Waals surface area contributed by atoms with Gasteiger partial charge in [0.2, 0.25) is 0 Å². The number of carbonyl (C=O) groups excluding carboxylic acids is 1. The maximum absolute atomic E-state index is 10.8. The number of ether oxygens (including phenoxy) is 1. The van der Waals surface area contributed by atoms with Gasteiger partial charge in [-0.1, -0.05) is 13.2 Å². The first-order valence-corrected chi connectivity index (χ1v) is 3.41. The average molecular weight is 155 g/mol. The van der Waals surface area contributed by atoms with Crippen LogP contribution in [0.15, 0.2) is 25.6 Å². The standard InChI is InChI=1S/C8H13NO2/c1-4-9(5-2)7-8(10)11-6-3/h4,6H,1,3,5,7H2,2H3. The van der Waals surface area contributed by atoms with Crippen molar-refractivity contribution in [2.75, 3.05) is 13.1 Å². The van der Waals surface area contributed by atoms with Crippen molar-refractivity contribution in [1.82, 2.24) is 4.90 Å². The third-order valence-electron chi connectivity index (χ3n) is 1.21. The van der Waals surface area contributed by atoms with Crippen molar-refractivity contribution in [1.29, 1.82) is 0 Å². The van der Waals surface area contributed by atoms with E-state index in [0.717, 1.165) is 12.8 Å². The maximum Gasteiger partial charge on any atom is 0.330 e. The molecule has 0 fully saturated rings. The molecule has 0 bridgehead atoms. The molecule has 0 saturated carbocycles. The van der Waals surface area contributed by atoms with Gasteiger partial charge < -0.3 is 9.64 Å². The van der Waals surface area contributed by atoms with Crippen LogP contribution in [0.5, 0.6) is 0 Å². The summed E-state index contributed by atoms with van der Waals surface area (Å²) in [5.74, 6) is -0.318. The second-order valence-corrected chi connectivity index (χ2v) is 1.90. The molecule has 0 rings (SSSR count). The first-order valence-electron chi connectivity index (χ1n) is 3.41. The minimum atomic E-state index is -0.318. The van der Waals surface area contributed by atoms with Crippen LogP contribution < -0.4 is 0 Å². The molecule has 11 heavy (non-hydrogen) atoms. The van der Waals surface area contributed by atoms with E-state index in [4.69, 9.17) is 0 Å². The monoisotopic (exact) mass is 155 g/mol. The van der Waals surface area contributed by atoms with Crippen molar-refractivity contribution < 1.29 is 9.53 Å². The van der Waals surface area contributed by atoms with Crippen LogP contribution in [0.4, 0.5) is 0 Å². The van der Waals surface area contributed by atoms with Crippen molar-refractivity contribution in [2.45, 2.75) is 6.92 Å². The molecular formula is C8H13NO2. The van der Waals surface area contributed by atoms with Gasteiger partial charge >= 0.3 is 5.97 Å². The number of hydrogen-bond acceptors (Lipinski definition) is 3. The highest BCUT2D eigenvalue weighted by molar-refractivity contribution is 5.72. The van der Waals surface area contributed by atoms with Crippen LogP contribution in [0, 0.1) is 0 Å². The Bertz CT molecular complexity index is 154. The van der Waals surface area contributed by atoms with Gasteiger partial charge in [-0.3, -0.25) is 0 Å². The molecule has 0 aliphatic heterocycles. The molecule has 0 unspecified atom stereocenters. The topological polar surface area (TPSA) is 29.5 Å². The Morgan fingerprint density at radius 3 is 2.64 bits per heavy atom. The van der Waals surface area contributed by atoms with Crippen LogP contribution in [0.3, 0.4) is 0 Å². The number of esters is 1. The molecule has 3 heteroatoms. The van der Waals surface area contributed by atoms with Gasteiger partial charge in [0.05, 0.1) is 6.26 Å². The van der Waals surface area contributed by atoms with E-state index in [2.05, 4.69) is 17.9 Å². The summed E-state index contributed by atoms with van der Waals surface area (Å²) in [6.07, 6.45) is 2.73. The fourth-order valence-electron chi connectivity index (χ4n) is 0.601. The van der Waals surface area contributed by atoms with Gasteiger partial charge in [0.15, 0.2) is 0 Å². The Balaban J connectivity index is 3.70. The van der Waals surface area contributed by atoms with E-state index in [1.807, 2.05) is 6.92 Å². The van der Waals surface area contributed by atoms with Gasteiger partial charge in [-0.15, -0.1) is 0 Å². The Hall–Kier alpha value is -1.25. The number of rotatable bonds is 5. The second-order valence-electron chi connectivity index (χ2n) is 1.90. The summed E-state index contributed by atoms with van der Waals surface area (Å²) < 4.78 is 4.51. The zero-order valence-electron chi connectivity index (χ0n) is 6.75. The Morgan fingerprint density at radius 2 is 2.27 bits per heavy atom. The molecule has 0 N–H and O–H groups in total. The molecule has 0 atom stereocenters. The molecule has 0 radical (unpaired) electrons. The van der Waals surface area contributed by atoms with Gasteiger partial charge in [-0.05, 0) is 13.1 Å². The van der Waals surface area contributed by atoms with E-state index in [1.54, 1.807) is 11.1 Å². The first kappa shape index (κ1) is 9.75. The Kier molecular flexibility index (Phi) is 4.90. The normalized spacial score (nSPS) is 8.45. The third-order valence-corrected chi connectivity index (χ3v) is 1.21. The molecule has 0 aromatic carbocycles. The van der Waals surface area contributed by atoms with Crippen LogP contribution in [0.25, 0.3) is 0 Å². The quantitative estimate of drug-likeness (QED) is 0.440. The fourth-order valence-corrected chi connectivity index (χ4v) is 0.601. The van der Waals surface area contributed by atoms with E-state index in [0.29, 0.717) is 0 Å². The predicted octanol–water partition coefficient (Wildman–Crippen LogP) is 1.14. The lowest BCUT2D eigenvalue weighted by Crippen LogP contribution is -2.24. The van der Waals surface area contributed by atoms with Gasteiger partial charge in [0, 0.05) is 6.54 Å². The van der Waals surface area contributed by atoms with E-state index in [9.17, 15) is 4.79 Å². The maximum atomic E-state index is 10.8. The minimum Gasteiger partial charge on any atom is -0.434 e. The van der Waals surface area contributed by atoms with Crippen molar-refractivity contribution in [3.05, 3.63) is 25.6 Å². The zero-order chi connectivity index (χ0) is 8.69. The molecule has 0 aliphatic carbocycles. The predicted molar refractivity (Wildman–Crippen MR) is 43.7 cm³/mol. The highest BCUT2D eigenvalue weighted by Gasteiger charge is 2.03.